The number of fused-ring (bicyclic) bond motifs is 1. The normalized spacial score (nSPS) is 22.7. The van der Waals surface area contributed by atoms with Gasteiger partial charge in [-0.05, 0) is 53.6 Å². The molecule has 156 valence electrons. The Balaban J connectivity index is 1.62. The molecule has 1 aliphatic heterocycles. The van der Waals surface area contributed by atoms with E-state index >= 15 is 0 Å². The number of nitrogens with zero attached hydrogens (tertiary/aromatic N) is 1. The lowest BCUT2D eigenvalue weighted by Gasteiger charge is -2.34. The average Bonchev–Trinajstić information content (AvgIpc) is 3.32. The van der Waals surface area contributed by atoms with Crippen LogP contribution in [-0.4, -0.2) is 11.7 Å². The Morgan fingerprint density at radius 3 is 2.29 bits per heavy atom. The van der Waals surface area contributed by atoms with Gasteiger partial charge in [-0.3, -0.25) is 9.59 Å². The second kappa shape index (κ2) is 7.77. The van der Waals surface area contributed by atoms with E-state index in [4.69, 9.17) is 0 Å². The van der Waals surface area contributed by atoms with Crippen molar-refractivity contribution in [1.29, 1.82) is 0 Å². The van der Waals surface area contributed by atoms with Crippen molar-refractivity contribution in [2.24, 2.45) is 5.92 Å². The summed E-state index contributed by atoms with van der Waals surface area (Å²) in [4.78, 5) is 28.3. The summed E-state index contributed by atoms with van der Waals surface area (Å²) in [7, 11) is 0. The van der Waals surface area contributed by atoms with Crippen LogP contribution in [-0.2, 0) is 28.0 Å². The van der Waals surface area contributed by atoms with Gasteiger partial charge in [0.15, 0.2) is 0 Å². The number of carbonyl (C=O) groups excluding carboxylic acids is 2. The number of rotatable bonds is 5. The molecule has 0 unspecified atom stereocenters. The first kappa shape index (κ1) is 19.7. The van der Waals surface area contributed by atoms with Crippen molar-refractivity contribution >= 4 is 17.4 Å². The molecule has 31 heavy (non-hydrogen) atoms. The Morgan fingerprint density at radius 2 is 1.58 bits per heavy atom. The number of hydrogen-bond donors (Lipinski definition) is 0. The van der Waals surface area contributed by atoms with E-state index in [9.17, 15) is 14.0 Å². The third-order valence-corrected chi connectivity index (χ3v) is 6.82. The van der Waals surface area contributed by atoms with Crippen LogP contribution >= 0.6 is 0 Å². The molecule has 4 heteroatoms. The van der Waals surface area contributed by atoms with Crippen molar-refractivity contribution < 1.29 is 14.0 Å². The summed E-state index contributed by atoms with van der Waals surface area (Å²) >= 11 is 0. The third-order valence-electron chi connectivity index (χ3n) is 6.82. The van der Waals surface area contributed by atoms with Gasteiger partial charge in [-0.2, -0.15) is 0 Å². The summed E-state index contributed by atoms with van der Waals surface area (Å²) in [5, 5.41) is 0. The quantitative estimate of drug-likeness (QED) is 0.575. The summed E-state index contributed by atoms with van der Waals surface area (Å²) in [6.45, 7) is 0.382. The molecule has 0 bridgehead atoms. The van der Waals surface area contributed by atoms with Gasteiger partial charge in [-0.25, -0.2) is 4.39 Å². The maximum atomic E-state index is 14.2. The molecule has 0 N–H and O–H groups in total. The van der Waals surface area contributed by atoms with Crippen LogP contribution in [0.5, 0.6) is 0 Å². The lowest BCUT2D eigenvalue weighted by Crippen LogP contribution is -2.46. The number of ketones is 1. The highest BCUT2D eigenvalue weighted by atomic mass is 19.1. The Kier molecular flexibility index (Phi) is 4.93. The van der Waals surface area contributed by atoms with Gasteiger partial charge in [-0.1, -0.05) is 60.7 Å². The molecule has 2 aliphatic rings. The molecule has 0 spiro atoms. The summed E-state index contributed by atoms with van der Waals surface area (Å²) in [5.74, 6) is -0.0341. The molecule has 1 amide bonds. The van der Waals surface area contributed by atoms with Crippen LogP contribution in [0.15, 0.2) is 78.9 Å². The van der Waals surface area contributed by atoms with Crippen molar-refractivity contribution in [3.63, 3.8) is 0 Å². The number of halogens is 1. The first-order chi connectivity index (χ1) is 15.1. The second-order valence-electron chi connectivity index (χ2n) is 8.65. The number of para-hydroxylation sites is 1. The molecule has 0 saturated heterocycles. The molecule has 1 heterocycles. The Morgan fingerprint density at radius 1 is 0.871 bits per heavy atom. The van der Waals surface area contributed by atoms with Gasteiger partial charge in [0.25, 0.3) is 0 Å². The molecule has 0 radical (unpaired) electrons. The predicted octanol–water partition coefficient (Wildman–Crippen LogP) is 5.22. The summed E-state index contributed by atoms with van der Waals surface area (Å²) < 4.78 is 13.4. The van der Waals surface area contributed by atoms with Crippen LogP contribution in [0, 0.1) is 11.7 Å². The average molecular weight is 413 g/mol. The fourth-order valence-electron chi connectivity index (χ4n) is 5.34. The van der Waals surface area contributed by atoms with E-state index in [2.05, 4.69) is 12.1 Å². The Bertz CT molecular complexity index is 1130. The first-order valence-electron chi connectivity index (χ1n) is 10.8. The fraction of sp³-hybridized carbons (Fsp3) is 0.259. The van der Waals surface area contributed by atoms with Crippen LogP contribution in [0.3, 0.4) is 0 Å². The minimum atomic E-state index is -0.760. The van der Waals surface area contributed by atoms with Crippen molar-refractivity contribution in [2.75, 3.05) is 4.90 Å². The molecular formula is C27H24FNO2. The molecule has 5 rings (SSSR count). The number of carbonyl (C=O) groups is 2. The topological polar surface area (TPSA) is 37.4 Å². The molecule has 1 aliphatic carbocycles. The minimum Gasteiger partial charge on any atom is -0.307 e. The Hall–Kier alpha value is -3.27. The van der Waals surface area contributed by atoms with E-state index < -0.39 is 5.41 Å². The van der Waals surface area contributed by atoms with Gasteiger partial charge in [0.1, 0.15) is 11.6 Å². The lowest BCUT2D eigenvalue weighted by molar-refractivity contribution is -0.125. The molecule has 1 fully saturated rings. The number of amides is 1. The zero-order chi connectivity index (χ0) is 21.4. The third kappa shape index (κ3) is 3.36. The van der Waals surface area contributed by atoms with Crippen molar-refractivity contribution in [3.05, 3.63) is 101 Å². The van der Waals surface area contributed by atoms with Gasteiger partial charge in [0.2, 0.25) is 5.91 Å². The van der Waals surface area contributed by atoms with Crippen molar-refractivity contribution in [1.82, 2.24) is 0 Å². The summed E-state index contributed by atoms with van der Waals surface area (Å²) in [6, 6.07) is 24.3. The number of benzene rings is 3. The molecule has 3 aromatic rings. The largest absolute Gasteiger partial charge is 0.307 e. The van der Waals surface area contributed by atoms with E-state index in [0.29, 0.717) is 25.8 Å². The van der Waals surface area contributed by atoms with Crippen LogP contribution in [0.4, 0.5) is 10.1 Å². The fourth-order valence-corrected chi connectivity index (χ4v) is 5.34. The SMILES string of the molecule is O=C1CC[C@@H]([C@]2(Cc3ccccc3)C(=O)N(Cc3ccc(F)cc3)c3ccccc32)C1. The van der Waals surface area contributed by atoms with E-state index in [1.807, 2.05) is 47.4 Å². The van der Waals surface area contributed by atoms with Crippen molar-refractivity contribution in [2.45, 2.75) is 37.6 Å². The molecule has 1 saturated carbocycles. The minimum absolute atomic E-state index is 0.0212. The van der Waals surface area contributed by atoms with Gasteiger partial charge in [-0.15, -0.1) is 0 Å². The monoisotopic (exact) mass is 413 g/mol. The molecular weight excluding hydrogens is 389 g/mol. The van der Waals surface area contributed by atoms with Crippen LogP contribution in [0.25, 0.3) is 0 Å². The molecule has 3 nitrogen and oxygen atoms in total. The molecule has 0 aromatic heterocycles. The number of hydrogen-bond acceptors (Lipinski definition) is 2. The van der Waals surface area contributed by atoms with Gasteiger partial charge < -0.3 is 4.90 Å². The highest BCUT2D eigenvalue weighted by molar-refractivity contribution is 6.09. The predicted molar refractivity (Wildman–Crippen MR) is 118 cm³/mol. The standard InChI is InChI=1S/C27H24FNO2/c28-22-13-10-20(11-14-22)18-29-25-9-5-4-8-24(25)27(26(29)31,21-12-15-23(30)16-21)17-19-6-2-1-3-7-19/h1-11,13-14,21H,12,15-18H2/t21-,27+/m1/s1. The van der Waals surface area contributed by atoms with Gasteiger partial charge in [0, 0.05) is 18.5 Å². The second-order valence-corrected chi connectivity index (χ2v) is 8.65. The lowest BCUT2D eigenvalue weighted by atomic mass is 9.66. The van der Waals surface area contributed by atoms with E-state index in [0.717, 1.165) is 28.8 Å². The highest BCUT2D eigenvalue weighted by Crippen LogP contribution is 2.52. The van der Waals surface area contributed by atoms with E-state index in [1.165, 1.54) is 12.1 Å². The smallest absolute Gasteiger partial charge is 0.238 e. The molecule has 2 atom stereocenters. The zero-order valence-electron chi connectivity index (χ0n) is 17.3. The van der Waals surface area contributed by atoms with Crippen molar-refractivity contribution in [3.8, 4) is 0 Å². The maximum Gasteiger partial charge on any atom is 0.238 e. The highest BCUT2D eigenvalue weighted by Gasteiger charge is 2.56. The number of Topliss-reactive ketones (excluding diaryl/α,β-unsaturated/α-hetero) is 1. The zero-order valence-corrected chi connectivity index (χ0v) is 17.3. The van der Waals surface area contributed by atoms with E-state index in [1.54, 1.807) is 12.1 Å². The first-order valence-corrected chi connectivity index (χ1v) is 10.8. The van der Waals surface area contributed by atoms with Crippen LogP contribution in [0.1, 0.15) is 36.0 Å². The van der Waals surface area contributed by atoms with Crippen LogP contribution in [0.2, 0.25) is 0 Å². The summed E-state index contributed by atoms with van der Waals surface area (Å²) in [6.07, 6.45) is 2.28. The molecule has 3 aromatic carbocycles. The summed E-state index contributed by atoms with van der Waals surface area (Å²) in [5.41, 5.74) is 3.11. The van der Waals surface area contributed by atoms with Gasteiger partial charge >= 0.3 is 0 Å². The van der Waals surface area contributed by atoms with Crippen LogP contribution < -0.4 is 4.90 Å². The maximum absolute atomic E-state index is 14.2. The Labute approximate surface area is 181 Å². The van der Waals surface area contributed by atoms with Gasteiger partial charge in [0.05, 0.1) is 12.0 Å². The van der Waals surface area contributed by atoms with E-state index in [-0.39, 0.29) is 23.4 Å². The number of anilines is 1.